The molecule has 0 amide bonds. The van der Waals surface area contributed by atoms with Crippen LogP contribution in [0.1, 0.15) is 22.3 Å². The summed E-state index contributed by atoms with van der Waals surface area (Å²) in [5.41, 5.74) is 1.15. The Labute approximate surface area is 157 Å². The van der Waals surface area contributed by atoms with Crippen molar-refractivity contribution in [3.8, 4) is 5.75 Å². The molecule has 0 unspecified atom stereocenters. The van der Waals surface area contributed by atoms with Crippen molar-refractivity contribution in [2.24, 2.45) is 0 Å². The van der Waals surface area contributed by atoms with Crippen LogP contribution in [0.3, 0.4) is 0 Å². The molecule has 0 fully saturated rings. The van der Waals surface area contributed by atoms with E-state index in [0.29, 0.717) is 16.9 Å². The van der Waals surface area contributed by atoms with Gasteiger partial charge in [-0.15, -0.1) is 0 Å². The van der Waals surface area contributed by atoms with Crippen molar-refractivity contribution in [2.45, 2.75) is 6.42 Å². The van der Waals surface area contributed by atoms with Gasteiger partial charge in [-0.2, -0.15) is 0 Å². The first-order valence-electron chi connectivity index (χ1n) is 6.72. The number of carbonyl (C=O) groups excluding carboxylic acids is 1. The van der Waals surface area contributed by atoms with Gasteiger partial charge in [0.1, 0.15) is 5.75 Å². The van der Waals surface area contributed by atoms with Crippen molar-refractivity contribution in [1.29, 1.82) is 0 Å². The third-order valence-corrected chi connectivity index (χ3v) is 3.75. The zero-order valence-electron chi connectivity index (χ0n) is 12.8. The van der Waals surface area contributed by atoms with Gasteiger partial charge >= 0.3 is 29.6 Å². The van der Waals surface area contributed by atoms with Crippen molar-refractivity contribution >= 4 is 15.9 Å². The second kappa shape index (κ2) is 9.20. The second-order valence-corrected chi connectivity index (χ2v) is 6.21. The van der Waals surface area contributed by atoms with E-state index < -0.39 is 15.9 Å². The van der Waals surface area contributed by atoms with E-state index in [2.05, 4.69) is 0 Å². The maximum atomic E-state index is 12.2. The number of rotatable bonds is 7. The molecule has 0 aromatic heterocycles. The zero-order valence-corrected chi connectivity index (χ0v) is 15.6. The van der Waals surface area contributed by atoms with Crippen LogP contribution in [0.4, 0.5) is 0 Å². The van der Waals surface area contributed by atoms with Crippen LogP contribution in [-0.4, -0.2) is 31.1 Å². The van der Waals surface area contributed by atoms with Gasteiger partial charge in [0.2, 0.25) is 0 Å². The van der Waals surface area contributed by atoms with Crippen LogP contribution in [0, 0.1) is 0 Å². The SMILES string of the molecule is O=C(c1ccccc1)c1ccc(OCCCS(=O)(=O)[O-])cc1.[Na+]. The van der Waals surface area contributed by atoms with E-state index in [1.807, 2.05) is 6.07 Å². The standard InChI is InChI=1S/C16H16O5S.Na/c17-16(13-5-2-1-3-6-13)14-7-9-15(10-8-14)21-11-4-12-22(18,19)20;/h1-3,5-10H,4,11-12H2,(H,18,19,20);/q;+1/p-1. The summed E-state index contributed by atoms with van der Waals surface area (Å²) < 4.78 is 36.7. The third kappa shape index (κ3) is 6.85. The van der Waals surface area contributed by atoms with Crippen molar-refractivity contribution in [3.05, 3.63) is 65.7 Å². The maximum Gasteiger partial charge on any atom is 1.00 e. The number of hydrogen-bond donors (Lipinski definition) is 0. The molecule has 7 heteroatoms. The molecule has 2 rings (SSSR count). The molecule has 0 atom stereocenters. The van der Waals surface area contributed by atoms with Crippen LogP contribution in [0.2, 0.25) is 0 Å². The molecule has 0 heterocycles. The molecule has 0 aliphatic rings. The van der Waals surface area contributed by atoms with E-state index in [1.165, 1.54) is 0 Å². The predicted octanol–water partition coefficient (Wildman–Crippen LogP) is -0.764. The number of carbonyl (C=O) groups is 1. The molecule has 0 spiro atoms. The number of ether oxygens (including phenoxy) is 1. The van der Waals surface area contributed by atoms with E-state index in [4.69, 9.17) is 4.74 Å². The van der Waals surface area contributed by atoms with Gasteiger partial charge in [-0.25, -0.2) is 8.42 Å². The normalized spacial score (nSPS) is 10.7. The number of ketones is 1. The van der Waals surface area contributed by atoms with Gasteiger partial charge in [-0.05, 0) is 30.7 Å². The Morgan fingerprint density at radius 2 is 1.52 bits per heavy atom. The first kappa shape index (κ1) is 19.9. The Kier molecular flexibility index (Phi) is 7.94. The molecule has 0 N–H and O–H groups in total. The van der Waals surface area contributed by atoms with Gasteiger partial charge in [0.25, 0.3) is 0 Å². The Morgan fingerprint density at radius 3 is 2.09 bits per heavy atom. The van der Waals surface area contributed by atoms with Crippen LogP contribution < -0.4 is 34.3 Å². The molecule has 0 saturated heterocycles. The molecule has 5 nitrogen and oxygen atoms in total. The summed E-state index contributed by atoms with van der Waals surface area (Å²) in [6, 6.07) is 15.5. The summed E-state index contributed by atoms with van der Waals surface area (Å²) in [7, 11) is -4.20. The predicted molar refractivity (Wildman–Crippen MR) is 81.0 cm³/mol. The quantitative estimate of drug-likeness (QED) is 0.286. The largest absolute Gasteiger partial charge is 1.00 e. The first-order chi connectivity index (χ1) is 10.5. The van der Waals surface area contributed by atoms with Crippen molar-refractivity contribution in [2.75, 3.05) is 12.4 Å². The van der Waals surface area contributed by atoms with E-state index in [-0.39, 0.29) is 48.4 Å². The molecule has 0 aliphatic carbocycles. The Bertz CT molecular complexity index is 727. The van der Waals surface area contributed by atoms with Crippen LogP contribution in [0.25, 0.3) is 0 Å². The molecular weight excluding hydrogens is 327 g/mol. The van der Waals surface area contributed by atoms with E-state index in [1.54, 1.807) is 48.5 Å². The molecule has 23 heavy (non-hydrogen) atoms. The number of hydrogen-bond acceptors (Lipinski definition) is 5. The zero-order chi connectivity index (χ0) is 16.0. The monoisotopic (exact) mass is 342 g/mol. The van der Waals surface area contributed by atoms with Crippen LogP contribution in [-0.2, 0) is 10.1 Å². The van der Waals surface area contributed by atoms with E-state index in [0.717, 1.165) is 0 Å². The fourth-order valence-corrected chi connectivity index (χ4v) is 2.36. The van der Waals surface area contributed by atoms with Gasteiger partial charge in [0.05, 0.1) is 16.7 Å². The summed E-state index contributed by atoms with van der Waals surface area (Å²) in [5.74, 6) is -0.00471. The van der Waals surface area contributed by atoms with Gasteiger partial charge in [-0.1, -0.05) is 30.3 Å². The van der Waals surface area contributed by atoms with Gasteiger partial charge < -0.3 is 9.29 Å². The molecular formula is C16H15NaO5S. The minimum absolute atomic E-state index is 0. The third-order valence-electron chi connectivity index (χ3n) is 2.96. The Balaban J connectivity index is 0.00000264. The average molecular weight is 342 g/mol. The molecule has 2 aromatic carbocycles. The van der Waals surface area contributed by atoms with Crippen molar-refractivity contribution in [3.63, 3.8) is 0 Å². The van der Waals surface area contributed by atoms with Crippen molar-refractivity contribution in [1.82, 2.24) is 0 Å². The average Bonchev–Trinajstić information content (AvgIpc) is 2.51. The smallest absolute Gasteiger partial charge is 0.748 e. The van der Waals surface area contributed by atoms with E-state index >= 15 is 0 Å². The van der Waals surface area contributed by atoms with Gasteiger partial charge in [0.15, 0.2) is 5.78 Å². The fraction of sp³-hybridized carbons (Fsp3) is 0.188. The van der Waals surface area contributed by atoms with Crippen LogP contribution in [0.15, 0.2) is 54.6 Å². The van der Waals surface area contributed by atoms with Crippen LogP contribution >= 0.6 is 0 Å². The molecule has 0 bridgehead atoms. The summed E-state index contributed by atoms with van der Waals surface area (Å²) >= 11 is 0. The second-order valence-electron chi connectivity index (χ2n) is 4.68. The maximum absolute atomic E-state index is 12.2. The molecule has 0 saturated carbocycles. The van der Waals surface area contributed by atoms with Gasteiger partial charge in [0, 0.05) is 16.9 Å². The van der Waals surface area contributed by atoms with Crippen LogP contribution in [0.5, 0.6) is 5.75 Å². The molecule has 0 aliphatic heterocycles. The summed E-state index contributed by atoms with van der Waals surface area (Å²) in [5, 5.41) is 0. The summed E-state index contributed by atoms with van der Waals surface area (Å²) in [6.07, 6.45) is 0.135. The minimum Gasteiger partial charge on any atom is -0.748 e. The van der Waals surface area contributed by atoms with Gasteiger partial charge in [-0.3, -0.25) is 4.79 Å². The summed E-state index contributed by atoms with van der Waals surface area (Å²) in [6.45, 7) is 0.132. The Morgan fingerprint density at radius 1 is 0.957 bits per heavy atom. The number of benzene rings is 2. The van der Waals surface area contributed by atoms with Crippen molar-refractivity contribution < 1.29 is 52.1 Å². The minimum atomic E-state index is -4.20. The fourth-order valence-electron chi connectivity index (χ4n) is 1.88. The topological polar surface area (TPSA) is 83.5 Å². The first-order valence-corrected chi connectivity index (χ1v) is 8.29. The Hall–Kier alpha value is -1.18. The molecule has 116 valence electrons. The molecule has 0 radical (unpaired) electrons. The van der Waals surface area contributed by atoms with E-state index in [9.17, 15) is 17.8 Å². The summed E-state index contributed by atoms with van der Waals surface area (Å²) in [4.78, 5) is 12.2. The molecule has 2 aromatic rings.